The molecule has 0 heterocycles. The number of carbonyl (C=O) groups is 2. The third-order valence-electron chi connectivity index (χ3n) is 4.84. The minimum atomic E-state index is -0.129. The van der Waals surface area contributed by atoms with Crippen molar-refractivity contribution in [3.8, 4) is 0 Å². The largest absolute Gasteiger partial charge is 0.348 e. The second-order valence-corrected chi connectivity index (χ2v) is 7.37. The second-order valence-electron chi connectivity index (χ2n) is 7.37. The first-order chi connectivity index (χ1) is 13.3. The molecule has 0 aromatic heterocycles. The molecule has 2 rings (SSSR count). The normalized spacial score (nSPS) is 11.9. The highest BCUT2D eigenvalue weighted by Gasteiger charge is 2.15. The summed E-state index contributed by atoms with van der Waals surface area (Å²) < 4.78 is 0. The number of hydrogen-bond donors (Lipinski definition) is 2. The number of nitrogens with one attached hydrogen (secondary N) is 2. The van der Waals surface area contributed by atoms with Crippen molar-refractivity contribution in [1.82, 2.24) is 10.2 Å². The molecular formula is C23H31N3O2. The molecule has 0 unspecified atom stereocenters. The van der Waals surface area contributed by atoms with E-state index >= 15 is 0 Å². The summed E-state index contributed by atoms with van der Waals surface area (Å²) in [4.78, 5) is 26.4. The van der Waals surface area contributed by atoms with E-state index in [4.69, 9.17) is 0 Å². The van der Waals surface area contributed by atoms with E-state index in [0.29, 0.717) is 0 Å². The van der Waals surface area contributed by atoms with Gasteiger partial charge in [-0.05, 0) is 56.5 Å². The molecule has 0 saturated carbocycles. The SMILES string of the molecule is CCc1ccc([C@H](C)NC(=O)CN(C)CC(=O)Nc2c(C)cccc2C)cc1. The number of anilines is 1. The van der Waals surface area contributed by atoms with Gasteiger partial charge in [0.1, 0.15) is 0 Å². The van der Waals surface area contributed by atoms with E-state index in [1.165, 1.54) is 5.56 Å². The highest BCUT2D eigenvalue weighted by Crippen LogP contribution is 2.19. The van der Waals surface area contributed by atoms with Gasteiger partial charge in [-0.3, -0.25) is 14.5 Å². The van der Waals surface area contributed by atoms with Crippen molar-refractivity contribution in [2.24, 2.45) is 0 Å². The Bertz CT molecular complexity index is 795. The van der Waals surface area contributed by atoms with E-state index in [0.717, 1.165) is 28.8 Å². The number of rotatable bonds is 8. The fraction of sp³-hybridized carbons (Fsp3) is 0.391. The molecule has 5 heteroatoms. The van der Waals surface area contributed by atoms with Crippen LogP contribution in [-0.2, 0) is 16.0 Å². The average Bonchev–Trinajstić information content (AvgIpc) is 2.64. The Morgan fingerprint density at radius 3 is 2.11 bits per heavy atom. The third kappa shape index (κ3) is 6.20. The van der Waals surface area contributed by atoms with Crippen molar-refractivity contribution >= 4 is 17.5 Å². The lowest BCUT2D eigenvalue weighted by atomic mass is 10.1. The van der Waals surface area contributed by atoms with Gasteiger partial charge in [0.15, 0.2) is 0 Å². The van der Waals surface area contributed by atoms with E-state index in [-0.39, 0.29) is 30.9 Å². The van der Waals surface area contributed by atoms with Crippen LogP contribution < -0.4 is 10.6 Å². The maximum atomic E-state index is 12.3. The molecule has 28 heavy (non-hydrogen) atoms. The van der Waals surface area contributed by atoms with Crippen LogP contribution in [-0.4, -0.2) is 36.9 Å². The molecule has 0 saturated heterocycles. The summed E-state index contributed by atoms with van der Waals surface area (Å²) in [6.45, 7) is 8.33. The van der Waals surface area contributed by atoms with Gasteiger partial charge in [-0.2, -0.15) is 0 Å². The average molecular weight is 382 g/mol. The number of hydrogen-bond acceptors (Lipinski definition) is 3. The Morgan fingerprint density at radius 1 is 0.964 bits per heavy atom. The number of nitrogens with zero attached hydrogens (tertiary/aromatic N) is 1. The summed E-state index contributed by atoms with van der Waals surface area (Å²) in [7, 11) is 1.77. The highest BCUT2D eigenvalue weighted by molar-refractivity contribution is 5.94. The fourth-order valence-corrected chi connectivity index (χ4v) is 3.15. The van der Waals surface area contributed by atoms with Crippen LogP contribution in [0, 0.1) is 13.8 Å². The van der Waals surface area contributed by atoms with Crippen molar-refractivity contribution in [2.75, 3.05) is 25.5 Å². The van der Waals surface area contributed by atoms with Crippen LogP contribution in [0.1, 0.15) is 42.1 Å². The first-order valence-corrected chi connectivity index (χ1v) is 9.73. The van der Waals surface area contributed by atoms with E-state index in [1.54, 1.807) is 11.9 Å². The molecule has 0 aliphatic rings. The Balaban J connectivity index is 1.83. The minimum Gasteiger partial charge on any atom is -0.348 e. The van der Waals surface area contributed by atoms with Gasteiger partial charge < -0.3 is 10.6 Å². The van der Waals surface area contributed by atoms with Crippen LogP contribution >= 0.6 is 0 Å². The zero-order chi connectivity index (χ0) is 20.7. The van der Waals surface area contributed by atoms with Crippen LogP contribution in [0.15, 0.2) is 42.5 Å². The minimum absolute atomic E-state index is 0.0738. The first-order valence-electron chi connectivity index (χ1n) is 9.73. The van der Waals surface area contributed by atoms with Gasteiger partial charge in [0.25, 0.3) is 0 Å². The van der Waals surface area contributed by atoms with E-state index < -0.39 is 0 Å². The van der Waals surface area contributed by atoms with Crippen molar-refractivity contribution in [2.45, 2.75) is 40.2 Å². The number of likely N-dealkylation sites (N-methyl/N-ethyl adjacent to an activating group) is 1. The summed E-state index contributed by atoms with van der Waals surface area (Å²) in [5.74, 6) is -0.231. The van der Waals surface area contributed by atoms with Gasteiger partial charge in [-0.1, -0.05) is 49.4 Å². The van der Waals surface area contributed by atoms with Crippen LogP contribution in [0.3, 0.4) is 0 Å². The van der Waals surface area contributed by atoms with Gasteiger partial charge in [0.2, 0.25) is 11.8 Å². The summed E-state index contributed by atoms with van der Waals surface area (Å²) in [6, 6.07) is 14.1. The molecule has 0 spiro atoms. The van der Waals surface area contributed by atoms with Crippen LogP contribution in [0.25, 0.3) is 0 Å². The van der Waals surface area contributed by atoms with E-state index in [2.05, 4.69) is 29.7 Å². The fourth-order valence-electron chi connectivity index (χ4n) is 3.15. The molecule has 0 aliphatic carbocycles. The summed E-state index contributed by atoms with van der Waals surface area (Å²) >= 11 is 0. The second kappa shape index (κ2) is 10.0. The lowest BCUT2D eigenvalue weighted by molar-refractivity contribution is -0.123. The van der Waals surface area contributed by atoms with Crippen molar-refractivity contribution in [3.63, 3.8) is 0 Å². The zero-order valence-corrected chi connectivity index (χ0v) is 17.5. The number of para-hydroxylation sites is 1. The Morgan fingerprint density at radius 2 is 1.54 bits per heavy atom. The number of amides is 2. The van der Waals surface area contributed by atoms with Gasteiger partial charge in [-0.25, -0.2) is 0 Å². The van der Waals surface area contributed by atoms with Crippen LogP contribution in [0.4, 0.5) is 5.69 Å². The molecule has 2 amide bonds. The molecule has 2 aromatic rings. The lowest BCUT2D eigenvalue weighted by Crippen LogP contribution is -2.39. The maximum absolute atomic E-state index is 12.3. The molecule has 0 radical (unpaired) electrons. The maximum Gasteiger partial charge on any atom is 0.238 e. The topological polar surface area (TPSA) is 61.4 Å². The van der Waals surface area contributed by atoms with E-state index in [9.17, 15) is 9.59 Å². The Kier molecular flexibility index (Phi) is 7.76. The molecule has 0 aliphatic heterocycles. The zero-order valence-electron chi connectivity index (χ0n) is 17.5. The third-order valence-corrected chi connectivity index (χ3v) is 4.84. The van der Waals surface area contributed by atoms with Crippen molar-refractivity contribution < 1.29 is 9.59 Å². The predicted molar refractivity (Wildman–Crippen MR) is 114 cm³/mol. The number of benzene rings is 2. The quantitative estimate of drug-likeness (QED) is 0.734. The number of aryl methyl sites for hydroxylation is 3. The van der Waals surface area contributed by atoms with Gasteiger partial charge in [0.05, 0.1) is 19.1 Å². The first kappa shape index (κ1) is 21.6. The monoisotopic (exact) mass is 381 g/mol. The molecule has 2 aromatic carbocycles. The van der Waals surface area contributed by atoms with Crippen LogP contribution in [0.2, 0.25) is 0 Å². The summed E-state index contributed by atoms with van der Waals surface area (Å²) in [5, 5.41) is 5.94. The molecular weight excluding hydrogens is 350 g/mol. The molecule has 0 bridgehead atoms. The smallest absolute Gasteiger partial charge is 0.238 e. The molecule has 5 nitrogen and oxygen atoms in total. The molecule has 2 N–H and O–H groups in total. The lowest BCUT2D eigenvalue weighted by Gasteiger charge is -2.20. The van der Waals surface area contributed by atoms with Gasteiger partial charge in [-0.15, -0.1) is 0 Å². The standard InChI is InChI=1S/C23H31N3O2/c1-6-19-10-12-20(13-11-19)18(4)24-21(27)14-26(5)15-22(28)25-23-16(2)8-7-9-17(23)3/h7-13,18H,6,14-15H2,1-5H3,(H,24,27)(H,25,28)/t18-/m0/s1. The van der Waals surface area contributed by atoms with Crippen molar-refractivity contribution in [1.29, 1.82) is 0 Å². The molecule has 150 valence electrons. The van der Waals surface area contributed by atoms with E-state index in [1.807, 2.05) is 51.1 Å². The summed E-state index contributed by atoms with van der Waals surface area (Å²) in [5.41, 5.74) is 5.24. The molecule has 0 fully saturated rings. The van der Waals surface area contributed by atoms with Gasteiger partial charge >= 0.3 is 0 Å². The molecule has 1 atom stereocenters. The van der Waals surface area contributed by atoms with Crippen LogP contribution in [0.5, 0.6) is 0 Å². The Labute approximate surface area is 168 Å². The van der Waals surface area contributed by atoms with Crippen molar-refractivity contribution in [3.05, 3.63) is 64.7 Å². The predicted octanol–water partition coefficient (Wildman–Crippen LogP) is 3.61. The van der Waals surface area contributed by atoms with Gasteiger partial charge in [0, 0.05) is 5.69 Å². The number of carbonyl (C=O) groups excluding carboxylic acids is 2. The Hall–Kier alpha value is -2.66. The summed E-state index contributed by atoms with van der Waals surface area (Å²) in [6.07, 6.45) is 0.996. The highest BCUT2D eigenvalue weighted by atomic mass is 16.2.